The van der Waals surface area contributed by atoms with Gasteiger partial charge in [0.1, 0.15) is 16.6 Å². The molecule has 13 heteroatoms. The van der Waals surface area contributed by atoms with Crippen LogP contribution in [-0.4, -0.2) is 55.9 Å². The zero-order valence-corrected chi connectivity index (χ0v) is 22.5. The minimum Gasteiger partial charge on any atom is -0.478 e. The first-order valence-corrected chi connectivity index (χ1v) is 12.5. The zero-order chi connectivity index (χ0) is 28.7. The van der Waals surface area contributed by atoms with E-state index in [1.807, 2.05) is 0 Å². The number of aromatic carboxylic acids is 1. The second kappa shape index (κ2) is 13.1. The van der Waals surface area contributed by atoms with Gasteiger partial charge in [0.15, 0.2) is 0 Å². The van der Waals surface area contributed by atoms with Crippen LogP contribution in [0, 0.1) is 11.6 Å². The van der Waals surface area contributed by atoms with Crippen LogP contribution < -0.4 is 15.7 Å². The lowest BCUT2D eigenvalue weighted by Gasteiger charge is -2.22. The summed E-state index contributed by atoms with van der Waals surface area (Å²) in [5.74, 6) is -3.08. The number of amides is 3. The Morgan fingerprint density at radius 1 is 1.00 bits per heavy atom. The number of benzene rings is 2. The highest BCUT2D eigenvalue weighted by atomic mass is 32.1. The van der Waals surface area contributed by atoms with Gasteiger partial charge in [0.2, 0.25) is 0 Å². The molecule has 0 saturated carbocycles. The maximum atomic E-state index is 14.6. The van der Waals surface area contributed by atoms with E-state index >= 15 is 0 Å². The number of anilines is 2. The number of hydrogen-bond acceptors (Lipinski definition) is 7. The van der Waals surface area contributed by atoms with E-state index in [2.05, 4.69) is 15.6 Å². The maximum absolute atomic E-state index is 14.6. The Kier molecular flexibility index (Phi) is 9.93. The van der Waals surface area contributed by atoms with E-state index in [1.165, 1.54) is 13.2 Å². The van der Waals surface area contributed by atoms with E-state index in [0.29, 0.717) is 21.7 Å². The third-order valence-electron chi connectivity index (χ3n) is 5.39. The van der Waals surface area contributed by atoms with E-state index in [0.717, 1.165) is 28.4 Å². The fraction of sp³-hybridized carbons (Fsp3) is 0.269. The maximum Gasteiger partial charge on any atom is 0.415 e. The molecule has 1 aromatic heterocycles. The molecule has 0 saturated heterocycles. The van der Waals surface area contributed by atoms with E-state index in [4.69, 9.17) is 4.74 Å². The molecular formula is C26H28F2N4O6S. The molecule has 3 amide bonds. The van der Waals surface area contributed by atoms with Crippen molar-refractivity contribution in [2.24, 2.45) is 0 Å². The van der Waals surface area contributed by atoms with Crippen LogP contribution in [0.15, 0.2) is 42.5 Å². The Morgan fingerprint density at radius 3 is 2.18 bits per heavy atom. The van der Waals surface area contributed by atoms with Crippen molar-refractivity contribution < 1.29 is 37.8 Å². The van der Waals surface area contributed by atoms with Gasteiger partial charge < -0.3 is 20.1 Å². The molecule has 0 spiro atoms. The summed E-state index contributed by atoms with van der Waals surface area (Å²) >= 11 is 0.984. The van der Waals surface area contributed by atoms with E-state index < -0.39 is 41.8 Å². The number of thiophene rings is 1. The monoisotopic (exact) mass is 562 g/mol. The summed E-state index contributed by atoms with van der Waals surface area (Å²) in [5.41, 5.74) is 2.99. The number of carboxylic acid groups (broad SMARTS) is 1. The van der Waals surface area contributed by atoms with Gasteiger partial charge >= 0.3 is 18.1 Å². The van der Waals surface area contributed by atoms with Gasteiger partial charge in [-0.1, -0.05) is 18.2 Å². The topological polar surface area (TPSA) is 120 Å². The number of nitrogens with one attached hydrogen (secondary N) is 2. The summed E-state index contributed by atoms with van der Waals surface area (Å²) in [6, 6.07) is 9.29. The number of hydrogen-bond donors (Lipinski definition) is 3. The number of rotatable bonds is 10. The van der Waals surface area contributed by atoms with Gasteiger partial charge in [-0.15, -0.1) is 11.3 Å². The molecule has 208 valence electrons. The van der Waals surface area contributed by atoms with E-state index in [-0.39, 0.29) is 23.7 Å². The highest BCUT2D eigenvalue weighted by molar-refractivity contribution is 7.20. The number of urea groups is 1. The molecule has 0 atom stereocenters. The van der Waals surface area contributed by atoms with Crippen molar-refractivity contribution >= 4 is 40.1 Å². The largest absolute Gasteiger partial charge is 0.478 e. The lowest BCUT2D eigenvalue weighted by Crippen LogP contribution is -2.32. The predicted octanol–water partition coefficient (Wildman–Crippen LogP) is 5.30. The number of ether oxygens (including phenoxy) is 1. The molecule has 0 aliphatic heterocycles. The second-order valence-corrected chi connectivity index (χ2v) is 9.45. The summed E-state index contributed by atoms with van der Waals surface area (Å²) < 4.78 is 34.2. The highest BCUT2D eigenvalue weighted by Gasteiger charge is 2.32. The molecule has 39 heavy (non-hydrogen) atoms. The molecule has 3 N–H and O–H groups in total. The summed E-state index contributed by atoms with van der Waals surface area (Å²) in [4.78, 5) is 45.1. The molecule has 0 bridgehead atoms. The molecule has 0 radical (unpaired) electrons. The summed E-state index contributed by atoms with van der Waals surface area (Å²) in [6.07, 6.45) is -0.949. The molecule has 1 heterocycles. The van der Waals surface area contributed by atoms with Crippen molar-refractivity contribution in [3.8, 4) is 10.4 Å². The van der Waals surface area contributed by atoms with E-state index in [1.54, 1.807) is 50.2 Å². The van der Waals surface area contributed by atoms with Crippen LogP contribution in [0.5, 0.6) is 0 Å². The fourth-order valence-corrected chi connectivity index (χ4v) is 5.08. The number of hydroxylamine groups is 1. The fourth-order valence-electron chi connectivity index (χ4n) is 3.78. The molecule has 0 aliphatic carbocycles. The van der Waals surface area contributed by atoms with Crippen LogP contribution in [0.4, 0.5) is 29.1 Å². The third-order valence-corrected chi connectivity index (χ3v) is 6.69. The van der Waals surface area contributed by atoms with Gasteiger partial charge in [-0.05, 0) is 50.8 Å². The number of nitrogens with zero attached hydrogens (tertiary/aromatic N) is 2. The lowest BCUT2D eigenvalue weighted by atomic mass is 10.0. The molecule has 0 unspecified atom stereocenters. The summed E-state index contributed by atoms with van der Waals surface area (Å²) in [5, 5.41) is 12.8. The lowest BCUT2D eigenvalue weighted by molar-refractivity contribution is 0.0696. The Balaban J connectivity index is 2.17. The SMILES string of the molecule is CCOC(=O)N(Cc1c(F)cccc1F)c1sc(-c2ccc(NC(=O)NOC)cc2)c(CN(C)C)c1C(=O)O. The van der Waals surface area contributed by atoms with Crippen LogP contribution in [0.2, 0.25) is 0 Å². The first-order valence-electron chi connectivity index (χ1n) is 11.7. The van der Waals surface area contributed by atoms with Crippen LogP contribution in [-0.2, 0) is 22.7 Å². The Labute approximate surface area is 227 Å². The normalized spacial score (nSPS) is 10.8. The third kappa shape index (κ3) is 7.07. The quantitative estimate of drug-likeness (QED) is 0.287. The summed E-state index contributed by atoms with van der Waals surface area (Å²) in [7, 11) is 4.81. The number of carbonyl (C=O) groups excluding carboxylic acids is 2. The van der Waals surface area contributed by atoms with Crippen LogP contribution >= 0.6 is 11.3 Å². The minimum atomic E-state index is -1.32. The van der Waals surface area contributed by atoms with Gasteiger partial charge in [0, 0.05) is 28.2 Å². The average molecular weight is 563 g/mol. The Hall–Kier alpha value is -4.07. The predicted molar refractivity (Wildman–Crippen MR) is 143 cm³/mol. The smallest absolute Gasteiger partial charge is 0.415 e. The highest BCUT2D eigenvalue weighted by Crippen LogP contribution is 2.44. The summed E-state index contributed by atoms with van der Waals surface area (Å²) in [6.45, 7) is 1.13. The van der Waals surface area contributed by atoms with Gasteiger partial charge in [-0.25, -0.2) is 28.6 Å². The zero-order valence-electron chi connectivity index (χ0n) is 21.7. The Bertz CT molecular complexity index is 1330. The first kappa shape index (κ1) is 29.5. The Morgan fingerprint density at radius 2 is 1.64 bits per heavy atom. The van der Waals surface area contributed by atoms with Gasteiger partial charge in [-0.3, -0.25) is 9.74 Å². The van der Waals surface area contributed by atoms with Crippen LogP contribution in [0.25, 0.3) is 10.4 Å². The van der Waals surface area contributed by atoms with Crippen molar-refractivity contribution in [3.05, 3.63) is 70.8 Å². The van der Waals surface area contributed by atoms with Gasteiger partial charge in [0.25, 0.3) is 0 Å². The molecule has 10 nitrogen and oxygen atoms in total. The second-order valence-electron chi connectivity index (χ2n) is 8.46. The van der Waals surface area contributed by atoms with Crippen LogP contribution in [0.1, 0.15) is 28.4 Å². The van der Waals surface area contributed by atoms with Crippen molar-refractivity contribution in [3.63, 3.8) is 0 Å². The molecular weight excluding hydrogens is 534 g/mol. The van der Waals surface area contributed by atoms with Crippen LogP contribution in [0.3, 0.4) is 0 Å². The number of halogens is 2. The molecule has 3 aromatic rings. The van der Waals surface area contributed by atoms with Crippen molar-refractivity contribution in [1.29, 1.82) is 0 Å². The first-order chi connectivity index (χ1) is 18.6. The minimum absolute atomic E-state index is 0.0304. The molecule has 2 aromatic carbocycles. The van der Waals surface area contributed by atoms with Crippen molar-refractivity contribution in [1.82, 2.24) is 10.4 Å². The standard InChI is InChI=1S/C26H28F2N4O6S/c1-5-38-26(36)32(14-17-19(27)7-6-8-20(17)28)23-21(24(33)34)18(13-31(2)3)22(39-23)15-9-11-16(12-10-15)29-25(35)30-37-4/h6-12H,5,13-14H2,1-4H3,(H,33,34)(H2,29,30,35). The van der Waals surface area contributed by atoms with Crippen molar-refractivity contribution in [2.45, 2.75) is 20.0 Å². The molecule has 3 rings (SSSR count). The van der Waals surface area contributed by atoms with E-state index in [9.17, 15) is 28.3 Å². The van der Waals surface area contributed by atoms with Gasteiger partial charge in [-0.2, -0.15) is 0 Å². The number of carbonyl (C=O) groups is 3. The molecule has 0 aliphatic rings. The van der Waals surface area contributed by atoms with Crippen molar-refractivity contribution in [2.75, 3.05) is 38.0 Å². The average Bonchev–Trinajstić information content (AvgIpc) is 3.23. The molecule has 0 fully saturated rings. The number of carboxylic acids is 1. The van der Waals surface area contributed by atoms with Gasteiger partial charge in [0.05, 0.1) is 25.8 Å².